The van der Waals surface area contributed by atoms with E-state index in [1.54, 1.807) is 28.9 Å². The molecule has 2 aromatic rings. The van der Waals surface area contributed by atoms with Crippen LogP contribution >= 0.6 is 0 Å². The van der Waals surface area contributed by atoms with Gasteiger partial charge >= 0.3 is 5.97 Å². The first-order valence-electron chi connectivity index (χ1n) is 12.1. The van der Waals surface area contributed by atoms with E-state index in [4.69, 9.17) is 9.47 Å². The van der Waals surface area contributed by atoms with Gasteiger partial charge in [-0.25, -0.2) is 4.79 Å². The van der Waals surface area contributed by atoms with E-state index in [0.717, 1.165) is 16.7 Å². The first kappa shape index (κ1) is 24.7. The third-order valence-corrected chi connectivity index (χ3v) is 6.72. The van der Waals surface area contributed by atoms with Crippen LogP contribution in [0.1, 0.15) is 53.2 Å². The summed E-state index contributed by atoms with van der Waals surface area (Å²) in [6.07, 6.45) is 0.198. The highest BCUT2D eigenvalue weighted by Crippen LogP contribution is 2.38. The Labute approximate surface area is 206 Å². The number of amides is 2. The van der Waals surface area contributed by atoms with Crippen LogP contribution in [0.15, 0.2) is 59.8 Å². The van der Waals surface area contributed by atoms with Crippen molar-refractivity contribution < 1.29 is 23.9 Å². The lowest BCUT2D eigenvalue weighted by atomic mass is 9.81. The maximum absolute atomic E-state index is 13.3. The zero-order valence-electron chi connectivity index (χ0n) is 20.6. The zero-order valence-corrected chi connectivity index (χ0v) is 20.6. The SMILES string of the molecule is CCOC(=O)C1=C(C)N(Cc2ccc(C(=O)N3CCOCC3)cc2)C(=O)CC1c1ccccc1C. The molecule has 0 aromatic heterocycles. The Hall–Kier alpha value is -3.45. The van der Waals surface area contributed by atoms with Crippen molar-refractivity contribution in [3.05, 3.63) is 82.1 Å². The van der Waals surface area contributed by atoms with Crippen molar-refractivity contribution in [2.45, 2.75) is 39.7 Å². The number of rotatable bonds is 6. The van der Waals surface area contributed by atoms with E-state index in [-0.39, 0.29) is 36.7 Å². The maximum Gasteiger partial charge on any atom is 0.336 e. The van der Waals surface area contributed by atoms with Gasteiger partial charge in [-0.15, -0.1) is 0 Å². The highest BCUT2D eigenvalue weighted by molar-refractivity contribution is 5.96. The van der Waals surface area contributed by atoms with Crippen molar-refractivity contribution in [2.75, 3.05) is 32.9 Å². The molecule has 0 aliphatic carbocycles. The Kier molecular flexibility index (Phi) is 7.66. The summed E-state index contributed by atoms with van der Waals surface area (Å²) in [6.45, 7) is 8.45. The van der Waals surface area contributed by atoms with Crippen LogP contribution in [0.4, 0.5) is 0 Å². The van der Waals surface area contributed by atoms with Gasteiger partial charge in [0, 0.05) is 36.7 Å². The number of hydrogen-bond acceptors (Lipinski definition) is 5. The number of carbonyl (C=O) groups excluding carboxylic acids is 3. The molecule has 0 N–H and O–H groups in total. The summed E-state index contributed by atoms with van der Waals surface area (Å²) in [5, 5.41) is 0. The number of carbonyl (C=O) groups is 3. The molecule has 2 heterocycles. The van der Waals surface area contributed by atoms with Crippen molar-refractivity contribution in [1.82, 2.24) is 9.80 Å². The van der Waals surface area contributed by atoms with Gasteiger partial charge in [0.1, 0.15) is 0 Å². The summed E-state index contributed by atoms with van der Waals surface area (Å²) < 4.78 is 10.7. The fourth-order valence-electron chi connectivity index (χ4n) is 4.80. The standard InChI is InChI=1S/C28H32N2O5/c1-4-35-28(33)26-20(3)30(25(31)17-24(26)23-8-6-5-7-19(23)2)18-21-9-11-22(12-10-21)27(32)29-13-15-34-16-14-29/h5-12,24H,4,13-18H2,1-3H3. The quantitative estimate of drug-likeness (QED) is 0.593. The fourth-order valence-corrected chi connectivity index (χ4v) is 4.80. The molecule has 0 radical (unpaired) electrons. The van der Waals surface area contributed by atoms with E-state index in [2.05, 4.69) is 0 Å². The lowest BCUT2D eigenvalue weighted by Crippen LogP contribution is -2.40. The summed E-state index contributed by atoms with van der Waals surface area (Å²) in [6, 6.07) is 15.2. The fraction of sp³-hybridized carbons (Fsp3) is 0.393. The molecule has 7 heteroatoms. The number of nitrogens with zero attached hydrogens (tertiary/aromatic N) is 2. The number of hydrogen-bond donors (Lipinski definition) is 0. The molecule has 7 nitrogen and oxygen atoms in total. The molecular weight excluding hydrogens is 444 g/mol. The molecule has 184 valence electrons. The Morgan fingerprint density at radius 1 is 1.03 bits per heavy atom. The summed E-state index contributed by atoms with van der Waals surface area (Å²) in [5.74, 6) is -0.789. The molecule has 1 unspecified atom stereocenters. The largest absolute Gasteiger partial charge is 0.463 e. The summed E-state index contributed by atoms with van der Waals surface area (Å²) in [7, 11) is 0. The van der Waals surface area contributed by atoms with E-state index in [1.807, 2.05) is 50.2 Å². The second kappa shape index (κ2) is 10.9. The molecule has 35 heavy (non-hydrogen) atoms. The third-order valence-electron chi connectivity index (χ3n) is 6.72. The van der Waals surface area contributed by atoms with Gasteiger partial charge in [0.05, 0.1) is 31.9 Å². The van der Waals surface area contributed by atoms with Crippen molar-refractivity contribution >= 4 is 17.8 Å². The molecule has 4 rings (SSSR count). The van der Waals surface area contributed by atoms with Gasteiger partial charge in [-0.1, -0.05) is 36.4 Å². The predicted octanol–water partition coefficient (Wildman–Crippen LogP) is 3.82. The highest BCUT2D eigenvalue weighted by Gasteiger charge is 2.37. The van der Waals surface area contributed by atoms with Crippen LogP contribution < -0.4 is 0 Å². The smallest absolute Gasteiger partial charge is 0.336 e. The first-order valence-corrected chi connectivity index (χ1v) is 12.1. The normalized spacial score (nSPS) is 18.6. The van der Waals surface area contributed by atoms with Crippen LogP contribution in [0, 0.1) is 6.92 Å². The van der Waals surface area contributed by atoms with Crippen molar-refractivity contribution in [1.29, 1.82) is 0 Å². The lowest BCUT2D eigenvalue weighted by Gasteiger charge is -2.35. The average molecular weight is 477 g/mol. The van der Waals surface area contributed by atoms with Crippen molar-refractivity contribution in [3.63, 3.8) is 0 Å². The molecule has 1 saturated heterocycles. The van der Waals surface area contributed by atoms with E-state index in [9.17, 15) is 14.4 Å². The van der Waals surface area contributed by atoms with Crippen LogP contribution in [0.2, 0.25) is 0 Å². The Morgan fingerprint density at radius 2 is 1.71 bits per heavy atom. The van der Waals surface area contributed by atoms with Gasteiger partial charge < -0.3 is 19.3 Å². The van der Waals surface area contributed by atoms with Gasteiger partial charge in [0.25, 0.3) is 5.91 Å². The number of morpholine rings is 1. The van der Waals surface area contributed by atoms with E-state index < -0.39 is 0 Å². The molecule has 1 fully saturated rings. The molecule has 2 aliphatic heterocycles. The highest BCUT2D eigenvalue weighted by atomic mass is 16.5. The molecular formula is C28H32N2O5. The summed E-state index contributed by atoms with van der Waals surface area (Å²) in [5.41, 5.74) is 4.64. The first-order chi connectivity index (χ1) is 16.9. The zero-order chi connectivity index (χ0) is 24.9. The predicted molar refractivity (Wildman–Crippen MR) is 132 cm³/mol. The minimum Gasteiger partial charge on any atom is -0.463 e. The topological polar surface area (TPSA) is 76.2 Å². The average Bonchev–Trinajstić information content (AvgIpc) is 2.87. The number of benzene rings is 2. The maximum atomic E-state index is 13.3. The van der Waals surface area contributed by atoms with Gasteiger partial charge in [-0.05, 0) is 49.6 Å². The molecule has 0 saturated carbocycles. The molecule has 2 amide bonds. The molecule has 0 spiro atoms. The molecule has 1 atom stereocenters. The second-order valence-electron chi connectivity index (χ2n) is 8.91. The Morgan fingerprint density at radius 3 is 2.37 bits per heavy atom. The van der Waals surface area contributed by atoms with Crippen molar-refractivity contribution in [2.24, 2.45) is 0 Å². The van der Waals surface area contributed by atoms with Crippen molar-refractivity contribution in [3.8, 4) is 0 Å². The summed E-state index contributed by atoms with van der Waals surface area (Å²) in [4.78, 5) is 42.5. The molecule has 2 aliphatic rings. The minimum atomic E-state index is -0.387. The Bertz CT molecular complexity index is 1130. The number of esters is 1. The van der Waals surface area contributed by atoms with Crippen LogP contribution in [-0.4, -0.2) is 60.5 Å². The van der Waals surface area contributed by atoms with Gasteiger partial charge in [0.2, 0.25) is 5.91 Å². The molecule has 0 bridgehead atoms. The van der Waals surface area contributed by atoms with E-state index >= 15 is 0 Å². The van der Waals surface area contributed by atoms with Gasteiger partial charge in [-0.3, -0.25) is 9.59 Å². The van der Waals surface area contributed by atoms with Gasteiger partial charge in [0.15, 0.2) is 0 Å². The van der Waals surface area contributed by atoms with Crippen LogP contribution in [-0.2, 0) is 25.6 Å². The lowest BCUT2D eigenvalue weighted by molar-refractivity contribution is -0.140. The van der Waals surface area contributed by atoms with E-state index in [0.29, 0.717) is 49.7 Å². The third kappa shape index (κ3) is 5.30. The Balaban J connectivity index is 1.59. The minimum absolute atomic E-state index is 0.0179. The number of ether oxygens (including phenoxy) is 2. The number of aryl methyl sites for hydroxylation is 1. The molecule has 2 aromatic carbocycles. The van der Waals surface area contributed by atoms with Crippen LogP contribution in [0.5, 0.6) is 0 Å². The van der Waals surface area contributed by atoms with Gasteiger partial charge in [-0.2, -0.15) is 0 Å². The number of allylic oxidation sites excluding steroid dienone is 1. The van der Waals surface area contributed by atoms with Crippen LogP contribution in [0.25, 0.3) is 0 Å². The van der Waals surface area contributed by atoms with E-state index in [1.165, 1.54) is 0 Å². The monoisotopic (exact) mass is 476 g/mol. The van der Waals surface area contributed by atoms with Crippen LogP contribution in [0.3, 0.4) is 0 Å². The second-order valence-corrected chi connectivity index (χ2v) is 8.91. The summed E-state index contributed by atoms with van der Waals surface area (Å²) >= 11 is 0.